The summed E-state index contributed by atoms with van der Waals surface area (Å²) in [7, 11) is 0. The molecule has 5 rings (SSSR count). The van der Waals surface area contributed by atoms with Gasteiger partial charge < -0.3 is 10.7 Å². The van der Waals surface area contributed by atoms with Crippen LogP contribution in [0.3, 0.4) is 0 Å². The maximum absolute atomic E-state index is 13.3. The van der Waals surface area contributed by atoms with Crippen molar-refractivity contribution in [2.24, 2.45) is 0 Å². The highest BCUT2D eigenvalue weighted by molar-refractivity contribution is 8.00. The summed E-state index contributed by atoms with van der Waals surface area (Å²) in [4.78, 5) is 13.3. The average molecular weight is 462 g/mol. The molecule has 0 unspecified atom stereocenters. The maximum atomic E-state index is 13.3. The van der Waals surface area contributed by atoms with Crippen LogP contribution in [0.4, 0.5) is 5.69 Å². The van der Waals surface area contributed by atoms with E-state index in [1.54, 1.807) is 0 Å². The lowest BCUT2D eigenvalue weighted by molar-refractivity contribution is -0.116. The minimum absolute atomic E-state index is 0.109. The van der Waals surface area contributed by atoms with Gasteiger partial charge in [0.1, 0.15) is 5.25 Å². The molecule has 2 heterocycles. The van der Waals surface area contributed by atoms with E-state index >= 15 is 0 Å². The minimum atomic E-state index is -0.460. The number of hydrogen-bond donors (Lipinski definition) is 2. The van der Waals surface area contributed by atoms with Gasteiger partial charge >= 0.3 is 0 Å². The van der Waals surface area contributed by atoms with Crippen molar-refractivity contribution in [3.05, 3.63) is 95.0 Å². The Bertz CT molecular complexity index is 1240. The summed E-state index contributed by atoms with van der Waals surface area (Å²) in [6, 6.07) is 24.8. The molecule has 0 spiro atoms. The number of aryl methyl sites for hydroxylation is 1. The van der Waals surface area contributed by atoms with Gasteiger partial charge in [-0.05, 0) is 36.8 Å². The largest absolute Gasteiger partial charge is 0.325 e. The molecule has 0 bridgehead atoms. The Morgan fingerprint density at radius 3 is 2.44 bits per heavy atom. The lowest BCUT2D eigenvalue weighted by Crippen LogP contribution is -2.41. The minimum Gasteiger partial charge on any atom is -0.325 e. The standard InChI is InChI=1S/C24H20ClN5OS/c1-15-7-13-19(14-8-15)26-23(31)21-20(16-9-11-18(25)12-10-16)29-30-22(27-28-24(30)32-21)17-5-3-2-4-6-17/h2-14,20-21,29H,1H3,(H,26,31)/t20-,21-/m1/s1. The Morgan fingerprint density at radius 2 is 1.72 bits per heavy atom. The van der Waals surface area contributed by atoms with Crippen LogP contribution in [0.25, 0.3) is 11.4 Å². The number of amides is 1. The van der Waals surface area contributed by atoms with Crippen molar-refractivity contribution in [3.63, 3.8) is 0 Å². The summed E-state index contributed by atoms with van der Waals surface area (Å²) in [5.41, 5.74) is 7.26. The molecule has 2 N–H and O–H groups in total. The van der Waals surface area contributed by atoms with Gasteiger partial charge in [0, 0.05) is 16.3 Å². The van der Waals surface area contributed by atoms with Crippen molar-refractivity contribution in [2.45, 2.75) is 23.4 Å². The molecular weight excluding hydrogens is 442 g/mol. The number of rotatable bonds is 4. The molecule has 6 nitrogen and oxygen atoms in total. The summed E-state index contributed by atoms with van der Waals surface area (Å²) >= 11 is 7.50. The van der Waals surface area contributed by atoms with Crippen LogP contribution < -0.4 is 10.7 Å². The molecule has 0 aliphatic carbocycles. The number of benzene rings is 3. The number of hydrogen-bond acceptors (Lipinski definition) is 5. The topological polar surface area (TPSA) is 71.8 Å². The van der Waals surface area contributed by atoms with Crippen molar-refractivity contribution >= 4 is 35.0 Å². The molecule has 0 saturated heterocycles. The molecule has 0 saturated carbocycles. The second-order valence-electron chi connectivity index (χ2n) is 7.56. The highest BCUT2D eigenvalue weighted by Gasteiger charge is 2.38. The fourth-order valence-corrected chi connectivity index (χ4v) is 4.81. The molecule has 1 amide bonds. The van der Waals surface area contributed by atoms with Crippen molar-refractivity contribution in [1.29, 1.82) is 0 Å². The summed E-state index contributed by atoms with van der Waals surface area (Å²) in [5, 5.41) is 12.6. The highest BCUT2D eigenvalue weighted by atomic mass is 35.5. The first kappa shape index (κ1) is 20.6. The molecule has 3 aromatic carbocycles. The molecule has 0 fully saturated rings. The Labute approximate surface area is 195 Å². The van der Waals surface area contributed by atoms with E-state index in [2.05, 4.69) is 20.9 Å². The molecule has 2 atom stereocenters. The van der Waals surface area contributed by atoms with Crippen LogP contribution in [0.2, 0.25) is 5.02 Å². The Balaban J connectivity index is 1.50. The molecule has 0 radical (unpaired) electrons. The molecule has 1 aliphatic heterocycles. The van der Waals surface area contributed by atoms with Crippen molar-refractivity contribution in [1.82, 2.24) is 14.9 Å². The summed E-state index contributed by atoms with van der Waals surface area (Å²) in [6.45, 7) is 2.01. The van der Waals surface area contributed by atoms with E-state index in [0.717, 1.165) is 22.4 Å². The van der Waals surface area contributed by atoms with Crippen molar-refractivity contribution in [2.75, 3.05) is 10.7 Å². The fourth-order valence-electron chi connectivity index (χ4n) is 3.60. The zero-order valence-corrected chi connectivity index (χ0v) is 18.8. The molecular formula is C24H20ClN5OS. The quantitative estimate of drug-likeness (QED) is 0.431. The summed E-state index contributed by atoms with van der Waals surface area (Å²) < 4.78 is 1.86. The molecule has 8 heteroatoms. The van der Waals surface area contributed by atoms with Crippen LogP contribution in [0.1, 0.15) is 17.2 Å². The van der Waals surface area contributed by atoms with Crippen LogP contribution in [0.5, 0.6) is 0 Å². The van der Waals surface area contributed by atoms with Crippen molar-refractivity contribution in [3.8, 4) is 11.4 Å². The first-order chi connectivity index (χ1) is 15.6. The third-order valence-electron chi connectivity index (χ3n) is 5.28. The van der Waals surface area contributed by atoms with E-state index in [-0.39, 0.29) is 11.9 Å². The van der Waals surface area contributed by atoms with Crippen LogP contribution in [-0.4, -0.2) is 26.0 Å². The zero-order valence-electron chi connectivity index (χ0n) is 17.2. The molecule has 160 valence electrons. The number of fused-ring (bicyclic) bond motifs is 1. The van der Waals surface area contributed by atoms with Gasteiger partial charge in [-0.2, -0.15) is 0 Å². The molecule has 4 aromatic rings. The molecule has 1 aliphatic rings. The first-order valence-corrected chi connectivity index (χ1v) is 11.4. The maximum Gasteiger partial charge on any atom is 0.240 e. The van der Waals surface area contributed by atoms with Crippen LogP contribution in [0, 0.1) is 6.92 Å². The SMILES string of the molecule is Cc1ccc(NC(=O)[C@@H]2Sc3nnc(-c4ccccc4)n3N[C@@H]2c2ccc(Cl)cc2)cc1. The van der Waals surface area contributed by atoms with Gasteiger partial charge in [-0.1, -0.05) is 83.5 Å². The number of nitrogens with zero attached hydrogens (tertiary/aromatic N) is 3. The van der Waals surface area contributed by atoms with Crippen LogP contribution in [-0.2, 0) is 4.79 Å². The fraction of sp³-hybridized carbons (Fsp3) is 0.125. The van der Waals surface area contributed by atoms with E-state index in [1.165, 1.54) is 11.8 Å². The van der Waals surface area contributed by atoms with E-state index in [1.807, 2.05) is 90.5 Å². The van der Waals surface area contributed by atoms with Gasteiger partial charge in [0.2, 0.25) is 11.1 Å². The number of nitrogens with one attached hydrogen (secondary N) is 2. The van der Waals surface area contributed by atoms with Gasteiger partial charge in [-0.15, -0.1) is 10.2 Å². The van der Waals surface area contributed by atoms with Gasteiger partial charge in [-0.25, -0.2) is 4.68 Å². The number of thioether (sulfide) groups is 1. The Kier molecular flexibility index (Phi) is 5.59. The van der Waals surface area contributed by atoms with E-state index in [0.29, 0.717) is 16.0 Å². The van der Waals surface area contributed by atoms with Crippen LogP contribution >= 0.6 is 23.4 Å². The number of aromatic nitrogens is 3. The van der Waals surface area contributed by atoms with E-state index in [4.69, 9.17) is 11.6 Å². The summed E-state index contributed by atoms with van der Waals surface area (Å²) in [5.74, 6) is 0.589. The second kappa shape index (κ2) is 8.68. The third-order valence-corrected chi connectivity index (χ3v) is 6.74. The summed E-state index contributed by atoms with van der Waals surface area (Å²) in [6.07, 6.45) is 0. The van der Waals surface area contributed by atoms with E-state index < -0.39 is 5.25 Å². The number of halogens is 1. The van der Waals surface area contributed by atoms with E-state index in [9.17, 15) is 4.79 Å². The number of carbonyl (C=O) groups excluding carboxylic acids is 1. The smallest absolute Gasteiger partial charge is 0.240 e. The number of anilines is 1. The van der Waals surface area contributed by atoms with Gasteiger partial charge in [0.05, 0.1) is 6.04 Å². The average Bonchev–Trinajstić information content (AvgIpc) is 3.24. The predicted octanol–water partition coefficient (Wildman–Crippen LogP) is 5.30. The Morgan fingerprint density at radius 1 is 1.00 bits per heavy atom. The van der Waals surface area contributed by atoms with Gasteiger partial charge in [0.25, 0.3) is 0 Å². The van der Waals surface area contributed by atoms with Crippen LogP contribution in [0.15, 0.2) is 84.0 Å². The zero-order chi connectivity index (χ0) is 22.1. The first-order valence-electron chi connectivity index (χ1n) is 10.2. The highest BCUT2D eigenvalue weighted by Crippen LogP contribution is 2.39. The van der Waals surface area contributed by atoms with Gasteiger partial charge in [-0.3, -0.25) is 4.79 Å². The Hall–Kier alpha value is -3.29. The normalized spacial score (nSPS) is 17.3. The monoisotopic (exact) mass is 461 g/mol. The lowest BCUT2D eigenvalue weighted by atomic mass is 10.0. The van der Waals surface area contributed by atoms with Crippen molar-refractivity contribution < 1.29 is 4.79 Å². The lowest BCUT2D eigenvalue weighted by Gasteiger charge is -2.33. The third kappa shape index (κ3) is 4.09. The van der Waals surface area contributed by atoms with Gasteiger partial charge in [0.15, 0.2) is 5.82 Å². The number of carbonyl (C=O) groups is 1. The molecule has 32 heavy (non-hydrogen) atoms. The molecule has 1 aromatic heterocycles. The second-order valence-corrected chi connectivity index (χ2v) is 9.10. The predicted molar refractivity (Wildman–Crippen MR) is 128 cm³/mol.